The highest BCUT2D eigenvalue weighted by molar-refractivity contribution is 14.0. The van der Waals surface area contributed by atoms with Gasteiger partial charge in [0.2, 0.25) is 21.8 Å². The van der Waals surface area contributed by atoms with E-state index in [9.17, 15) is 41.2 Å². The molecule has 1 saturated heterocycles. The third-order valence-electron chi connectivity index (χ3n) is 9.95. The lowest BCUT2D eigenvalue weighted by Gasteiger charge is -2.29. The number of hydrogen-bond acceptors (Lipinski definition) is 10. The number of carbonyl (C=O) groups is 4. The fourth-order valence-electron chi connectivity index (χ4n) is 6.62. The molecular formula is C39H58F2I2N6O9S. The average molecular weight is 1080 g/mol. The van der Waals surface area contributed by atoms with Crippen molar-refractivity contribution >= 4 is 92.8 Å². The van der Waals surface area contributed by atoms with E-state index < -0.39 is 88.3 Å². The molecule has 332 valence electrons. The van der Waals surface area contributed by atoms with Crippen LogP contribution in [0.15, 0.2) is 53.3 Å². The molecule has 4 N–H and O–H groups in total. The summed E-state index contributed by atoms with van der Waals surface area (Å²) in [5, 5.41) is 4.19. The molecule has 1 unspecified atom stereocenters. The summed E-state index contributed by atoms with van der Waals surface area (Å²) < 4.78 is 66.6. The van der Waals surface area contributed by atoms with Gasteiger partial charge in [-0.3, -0.25) is 23.9 Å². The van der Waals surface area contributed by atoms with Gasteiger partial charge in [-0.2, -0.15) is 8.78 Å². The summed E-state index contributed by atoms with van der Waals surface area (Å²) in [7, 11) is -3.87. The molecule has 1 aliphatic carbocycles. The first-order valence-electron chi connectivity index (χ1n) is 19.3. The molecule has 0 spiro atoms. The smallest absolute Gasteiger partial charge is 0.407 e. The number of alkyl carbamates (subject to hydrolysis) is 1. The van der Waals surface area contributed by atoms with E-state index in [0.29, 0.717) is 42.3 Å². The van der Waals surface area contributed by atoms with Crippen LogP contribution in [0.2, 0.25) is 0 Å². The van der Waals surface area contributed by atoms with E-state index in [0.717, 1.165) is 32.1 Å². The van der Waals surface area contributed by atoms with E-state index >= 15 is 0 Å². The number of halogens is 4. The number of para-hydroxylation sites is 2. The minimum absolute atomic E-state index is 0. The van der Waals surface area contributed by atoms with E-state index in [1.807, 2.05) is 0 Å². The van der Waals surface area contributed by atoms with Gasteiger partial charge in [0.15, 0.2) is 13.2 Å². The molecule has 15 nitrogen and oxygen atoms in total. The summed E-state index contributed by atoms with van der Waals surface area (Å²) in [6.07, 6.45) is 5.74. The Bertz CT molecular complexity index is 2110. The fourth-order valence-corrected chi connectivity index (χ4v) is 7.95. The van der Waals surface area contributed by atoms with Crippen LogP contribution in [0.1, 0.15) is 82.3 Å². The van der Waals surface area contributed by atoms with Crippen LogP contribution in [0.3, 0.4) is 0 Å². The summed E-state index contributed by atoms with van der Waals surface area (Å²) in [5.41, 5.74) is 1.03. The van der Waals surface area contributed by atoms with Crippen LogP contribution in [0.4, 0.5) is 13.6 Å². The molecule has 2 aliphatic rings. The molecule has 1 aliphatic heterocycles. The maximum atomic E-state index is 14.7. The Morgan fingerprint density at radius 2 is 1.75 bits per heavy atom. The van der Waals surface area contributed by atoms with Crippen molar-refractivity contribution < 1.29 is 50.1 Å². The Hall–Kier alpha value is -3.67. The maximum absolute atomic E-state index is 14.7. The summed E-state index contributed by atoms with van der Waals surface area (Å²) in [4.78, 5) is 73.2. The number of unbranched alkanes of at least 4 members (excludes halogenated alkanes) is 4. The lowest BCUT2D eigenvalue weighted by molar-refractivity contribution is -0.139. The van der Waals surface area contributed by atoms with Gasteiger partial charge in [-0.1, -0.05) is 70.2 Å². The second-order valence-corrected chi connectivity index (χ2v) is 16.6. The summed E-state index contributed by atoms with van der Waals surface area (Å²) >= 11 is 0. The molecule has 2 aromatic carbocycles. The zero-order valence-electron chi connectivity index (χ0n) is 32.9. The minimum atomic E-state index is -3.87. The van der Waals surface area contributed by atoms with Crippen molar-refractivity contribution in [2.24, 2.45) is 5.92 Å². The highest BCUT2D eigenvalue weighted by Crippen LogP contribution is 2.28. The predicted octanol–water partition coefficient (Wildman–Crippen LogP) is 6.39. The van der Waals surface area contributed by atoms with Crippen molar-refractivity contribution in [3.63, 3.8) is 0 Å². The van der Waals surface area contributed by atoms with Gasteiger partial charge in [0.05, 0.1) is 16.3 Å². The van der Waals surface area contributed by atoms with Crippen LogP contribution in [0.25, 0.3) is 22.3 Å². The fraction of sp³-hybridized carbons (Fsp3) is 0.538. The molecule has 3 aromatic rings. The lowest BCUT2D eigenvalue weighted by atomic mass is 9.94. The van der Waals surface area contributed by atoms with E-state index in [4.69, 9.17) is 4.74 Å². The van der Waals surface area contributed by atoms with E-state index in [1.54, 1.807) is 37.3 Å². The first-order valence-corrected chi connectivity index (χ1v) is 20.9. The molecule has 0 radical (unpaired) electrons. The molecule has 2 heterocycles. The van der Waals surface area contributed by atoms with Gasteiger partial charge in [-0.05, 0) is 62.3 Å². The van der Waals surface area contributed by atoms with Crippen molar-refractivity contribution in [3.8, 4) is 17.0 Å². The topological polar surface area (TPSA) is 206 Å². The van der Waals surface area contributed by atoms with Crippen molar-refractivity contribution in [2.75, 3.05) is 26.3 Å². The third-order valence-corrected chi connectivity index (χ3v) is 11.8. The van der Waals surface area contributed by atoms with Crippen LogP contribution < -0.4 is 25.7 Å². The maximum Gasteiger partial charge on any atom is 0.407 e. The molecule has 2 fully saturated rings. The molecule has 3 atom stereocenters. The minimum Gasteiger partial charge on any atom is -0.487 e. The van der Waals surface area contributed by atoms with E-state index in [2.05, 4.69) is 37.0 Å². The van der Waals surface area contributed by atoms with Gasteiger partial charge in [0, 0.05) is 16.4 Å². The summed E-state index contributed by atoms with van der Waals surface area (Å²) in [6.45, 7) is 0.828. The van der Waals surface area contributed by atoms with Crippen molar-refractivity contribution in [2.45, 2.75) is 101 Å². The number of hydrogen-bond donors (Lipinski definition) is 4. The number of nitrogens with one attached hydrogen (secondary N) is 4. The number of benzene rings is 2. The number of amides is 4. The molecule has 20 heteroatoms. The van der Waals surface area contributed by atoms with Crippen LogP contribution in [-0.4, -0.2) is 96.7 Å². The zero-order valence-corrected chi connectivity index (χ0v) is 38.4. The largest absolute Gasteiger partial charge is 0.487 e. The number of sulfonamides is 1. The van der Waals surface area contributed by atoms with Crippen LogP contribution >= 0.6 is 48.0 Å². The number of alkyl halides is 2. The number of fused-ring (bicyclic) bond motifs is 1. The van der Waals surface area contributed by atoms with E-state index in [-0.39, 0.29) is 76.6 Å². The number of aromatic nitrogens is 2. The molecule has 1 saturated carbocycles. The quantitative estimate of drug-likeness (QED) is 0.0726. The molecule has 0 bridgehead atoms. The highest BCUT2D eigenvalue weighted by Gasteiger charge is 2.41. The summed E-state index contributed by atoms with van der Waals surface area (Å²) in [5.74, 6) is -6.17. The number of aromatic amines is 1. The third kappa shape index (κ3) is 14.5. The first-order chi connectivity index (χ1) is 27.2. The SMILES string of the molecule is CCCCCCC[C@H](C)C(NC(=O)[C@@H]1CCCN1C(=O)CNC(=O)OCC(F)(F)COc1cccc(-c2nc3ccccc3[nH]c2=O)c1)C(=O)NS(=O)(=O)C1CC1.I.I.[HH].[HH].[HH]. The van der Waals surface area contributed by atoms with Gasteiger partial charge in [0.25, 0.3) is 11.5 Å². The van der Waals surface area contributed by atoms with Gasteiger partial charge in [-0.25, -0.2) is 18.2 Å². The number of likely N-dealkylation sites (tertiary alicyclic amines) is 1. The number of H-pyrrole nitrogens is 1. The Morgan fingerprint density at radius 3 is 2.47 bits per heavy atom. The van der Waals surface area contributed by atoms with Crippen LogP contribution in [0.5, 0.6) is 5.75 Å². The molecule has 4 amide bonds. The Labute approximate surface area is 380 Å². The van der Waals surface area contributed by atoms with Gasteiger partial charge >= 0.3 is 12.0 Å². The summed E-state index contributed by atoms with van der Waals surface area (Å²) in [6, 6.07) is 10.7. The molecule has 1 aromatic heterocycles. The van der Waals surface area contributed by atoms with E-state index in [1.165, 1.54) is 23.1 Å². The van der Waals surface area contributed by atoms with Crippen molar-refractivity contribution in [1.29, 1.82) is 0 Å². The highest BCUT2D eigenvalue weighted by atomic mass is 127. The number of ether oxygens (including phenoxy) is 2. The Morgan fingerprint density at radius 1 is 1.02 bits per heavy atom. The standard InChI is InChI=1S/C39H50F2N6O9S.2HI.3H2/c1-3-4-5-6-7-12-25(2)33(37(51)46-57(53,54)28-18-19-28)45-35(49)31-17-11-20-47(31)32(48)22-42-38(52)56-24-39(40,41)23-55-27-14-10-13-26(21-27)34-36(50)44-30-16-9-8-15-29(30)43-34;;;;;/h8-10,13-16,21,25,28,31,33H,3-7,11-12,17-20,22-24H2,1-2H3,(H,42,52)(H,44,50)(H,45,49)(H,46,51);5*1H/t25-,31-,33?;;;;;/m0...../s1. The normalized spacial score (nSPS) is 16.2. The monoisotopic (exact) mass is 1080 g/mol. The lowest BCUT2D eigenvalue weighted by Crippen LogP contribution is -2.56. The Balaban J connectivity index is 0.00000744. The second-order valence-electron chi connectivity index (χ2n) is 14.7. The van der Waals surface area contributed by atoms with Gasteiger partial charge in [-0.15, -0.1) is 48.0 Å². The number of nitrogens with zero attached hydrogens (tertiary/aromatic N) is 2. The predicted molar refractivity (Wildman–Crippen MR) is 244 cm³/mol. The van der Waals surface area contributed by atoms with Crippen LogP contribution in [-0.2, 0) is 29.1 Å². The zero-order chi connectivity index (χ0) is 41.2. The van der Waals surface area contributed by atoms with Gasteiger partial charge in [0.1, 0.15) is 30.1 Å². The molecular weight excluding hydrogens is 1020 g/mol. The molecule has 59 heavy (non-hydrogen) atoms. The average Bonchev–Trinajstić information content (AvgIpc) is 3.94. The van der Waals surface area contributed by atoms with Crippen LogP contribution in [0, 0.1) is 5.92 Å². The van der Waals surface area contributed by atoms with Crippen molar-refractivity contribution in [3.05, 3.63) is 58.9 Å². The molecule has 5 rings (SSSR count). The number of rotatable bonds is 20. The Kier molecular flexibility index (Phi) is 19.2. The first kappa shape index (κ1) is 49.7. The second kappa shape index (κ2) is 22.8. The van der Waals surface area contributed by atoms with Crippen molar-refractivity contribution in [1.82, 2.24) is 30.2 Å². The van der Waals surface area contributed by atoms with Gasteiger partial charge < -0.3 is 30.0 Å². The number of carbonyl (C=O) groups excluding carboxylic acids is 4.